The molecule has 1 fully saturated rings. The topological polar surface area (TPSA) is 72.4 Å². The van der Waals surface area contributed by atoms with E-state index in [9.17, 15) is 4.79 Å². The number of hydrogen-bond donors (Lipinski definition) is 1. The van der Waals surface area contributed by atoms with Gasteiger partial charge in [0.05, 0.1) is 12.0 Å². The molecule has 1 aliphatic heterocycles. The molecule has 1 aliphatic rings. The lowest BCUT2D eigenvalue weighted by Crippen LogP contribution is -2.53. The Morgan fingerprint density at radius 2 is 2.04 bits per heavy atom. The molecule has 4 rings (SSSR count). The number of piperidine rings is 1. The summed E-state index contributed by atoms with van der Waals surface area (Å²) in [6.45, 7) is 5.56. The van der Waals surface area contributed by atoms with E-state index in [1.807, 2.05) is 47.4 Å². The number of carbonyl (C=O) groups excluding carboxylic acids is 1. The number of aromatic nitrogens is 1. The van der Waals surface area contributed by atoms with Crippen molar-refractivity contribution < 1.29 is 9.21 Å². The van der Waals surface area contributed by atoms with Crippen LogP contribution in [0.5, 0.6) is 0 Å². The van der Waals surface area contributed by atoms with Crippen molar-refractivity contribution in [2.24, 2.45) is 11.1 Å². The lowest BCUT2D eigenvalue weighted by molar-refractivity contribution is 0.0538. The second-order valence-corrected chi connectivity index (χ2v) is 8.65. The summed E-state index contributed by atoms with van der Waals surface area (Å²) in [5.74, 6) is 0.696. The third-order valence-electron chi connectivity index (χ3n) is 5.20. The quantitative estimate of drug-likeness (QED) is 0.735. The molecule has 1 amide bonds. The highest BCUT2D eigenvalue weighted by atomic mass is 32.1. The maximum absolute atomic E-state index is 13.4. The van der Waals surface area contributed by atoms with E-state index in [0.29, 0.717) is 29.4 Å². The highest BCUT2D eigenvalue weighted by molar-refractivity contribution is 7.17. The van der Waals surface area contributed by atoms with Crippen molar-refractivity contribution in [3.05, 3.63) is 53.6 Å². The zero-order valence-electron chi connectivity index (χ0n) is 15.5. The third kappa shape index (κ3) is 3.42. The average Bonchev–Trinajstić information content (AvgIpc) is 3.33. The number of amides is 1. The first-order valence-corrected chi connectivity index (χ1v) is 9.92. The fourth-order valence-electron chi connectivity index (χ4n) is 3.45. The van der Waals surface area contributed by atoms with E-state index in [4.69, 9.17) is 15.1 Å². The summed E-state index contributed by atoms with van der Waals surface area (Å²) >= 11 is 1.39. The smallest absolute Gasteiger partial charge is 0.266 e. The SMILES string of the molecule is CC1(C)CN(C(=O)c2sc(-c3ccco3)nc2-c2ccccc2)CCC1N. The van der Waals surface area contributed by atoms with Crippen LogP contribution in [-0.4, -0.2) is 34.9 Å². The highest BCUT2D eigenvalue weighted by Crippen LogP contribution is 2.36. The van der Waals surface area contributed by atoms with Gasteiger partial charge in [0.1, 0.15) is 4.88 Å². The predicted octanol–water partition coefficient (Wildman–Crippen LogP) is 4.27. The van der Waals surface area contributed by atoms with Gasteiger partial charge in [-0.05, 0) is 24.0 Å². The minimum atomic E-state index is -0.102. The maximum atomic E-state index is 13.4. The number of furan rings is 1. The van der Waals surface area contributed by atoms with E-state index < -0.39 is 0 Å². The predicted molar refractivity (Wildman–Crippen MR) is 108 cm³/mol. The van der Waals surface area contributed by atoms with Crippen LogP contribution in [-0.2, 0) is 0 Å². The fourth-order valence-corrected chi connectivity index (χ4v) is 4.48. The Balaban J connectivity index is 1.74. The van der Waals surface area contributed by atoms with E-state index in [1.54, 1.807) is 6.26 Å². The molecule has 140 valence electrons. The van der Waals surface area contributed by atoms with Gasteiger partial charge in [-0.1, -0.05) is 44.2 Å². The van der Waals surface area contributed by atoms with Crippen molar-refractivity contribution in [1.82, 2.24) is 9.88 Å². The number of nitrogens with two attached hydrogens (primary N) is 1. The lowest BCUT2D eigenvalue weighted by Gasteiger charge is -2.42. The second-order valence-electron chi connectivity index (χ2n) is 7.65. The minimum absolute atomic E-state index is 0.0177. The molecule has 0 spiro atoms. The second kappa shape index (κ2) is 6.94. The number of thiazole rings is 1. The molecule has 2 N–H and O–H groups in total. The van der Waals surface area contributed by atoms with Crippen molar-refractivity contribution in [3.8, 4) is 22.0 Å². The van der Waals surface area contributed by atoms with Gasteiger partial charge in [0.25, 0.3) is 5.91 Å². The van der Waals surface area contributed by atoms with E-state index in [-0.39, 0.29) is 17.4 Å². The van der Waals surface area contributed by atoms with Crippen molar-refractivity contribution in [2.75, 3.05) is 13.1 Å². The van der Waals surface area contributed by atoms with E-state index in [0.717, 1.165) is 17.0 Å². The molecule has 0 saturated carbocycles. The monoisotopic (exact) mass is 381 g/mol. The Morgan fingerprint density at radius 3 is 2.70 bits per heavy atom. The van der Waals surface area contributed by atoms with Gasteiger partial charge in [0.15, 0.2) is 10.8 Å². The maximum Gasteiger partial charge on any atom is 0.266 e. The van der Waals surface area contributed by atoms with Crippen LogP contribution in [0.25, 0.3) is 22.0 Å². The summed E-state index contributed by atoms with van der Waals surface area (Å²) in [6.07, 6.45) is 2.43. The van der Waals surface area contributed by atoms with E-state index in [1.165, 1.54) is 11.3 Å². The standard InChI is InChI=1S/C21H23N3O2S/c1-21(2)13-24(11-10-16(21)22)20(25)18-17(14-7-4-3-5-8-14)23-19(27-18)15-9-6-12-26-15/h3-9,12,16H,10-11,13,22H2,1-2H3. The summed E-state index contributed by atoms with van der Waals surface area (Å²) in [7, 11) is 0. The van der Waals surface area contributed by atoms with Crippen molar-refractivity contribution in [2.45, 2.75) is 26.3 Å². The Labute approximate surface area is 162 Å². The Hall–Kier alpha value is -2.44. The molecule has 1 unspecified atom stereocenters. The first-order valence-electron chi connectivity index (χ1n) is 9.11. The zero-order chi connectivity index (χ0) is 19.0. The Morgan fingerprint density at radius 1 is 1.26 bits per heavy atom. The van der Waals surface area contributed by atoms with Crippen LogP contribution in [0.4, 0.5) is 0 Å². The summed E-state index contributed by atoms with van der Waals surface area (Å²) in [6, 6.07) is 13.6. The van der Waals surface area contributed by atoms with Gasteiger partial charge in [-0.15, -0.1) is 11.3 Å². The molecule has 3 aromatic rings. The van der Waals surface area contributed by atoms with E-state index in [2.05, 4.69) is 13.8 Å². The molecule has 1 aromatic carbocycles. The molecule has 1 atom stereocenters. The van der Waals surface area contributed by atoms with Crippen LogP contribution >= 0.6 is 11.3 Å². The van der Waals surface area contributed by atoms with Gasteiger partial charge < -0.3 is 15.1 Å². The molecule has 0 aliphatic carbocycles. The third-order valence-corrected chi connectivity index (χ3v) is 6.26. The van der Waals surface area contributed by atoms with Crippen LogP contribution in [0.15, 0.2) is 53.1 Å². The molecule has 0 radical (unpaired) electrons. The Bertz CT molecular complexity index is 932. The molecule has 2 aromatic heterocycles. The van der Waals surface area contributed by atoms with Crippen LogP contribution < -0.4 is 5.73 Å². The van der Waals surface area contributed by atoms with Gasteiger partial charge in [-0.25, -0.2) is 4.98 Å². The largest absolute Gasteiger partial charge is 0.462 e. The zero-order valence-corrected chi connectivity index (χ0v) is 16.3. The summed E-state index contributed by atoms with van der Waals surface area (Å²) in [5.41, 5.74) is 7.79. The van der Waals surface area contributed by atoms with Crippen molar-refractivity contribution >= 4 is 17.2 Å². The van der Waals surface area contributed by atoms with Gasteiger partial charge in [-0.3, -0.25) is 4.79 Å². The fraction of sp³-hybridized carbons (Fsp3) is 0.333. The molecule has 0 bridgehead atoms. The first-order chi connectivity index (χ1) is 13.0. The summed E-state index contributed by atoms with van der Waals surface area (Å²) in [4.78, 5) is 20.7. The first kappa shape index (κ1) is 17.9. The summed E-state index contributed by atoms with van der Waals surface area (Å²) < 4.78 is 5.50. The van der Waals surface area contributed by atoms with Crippen LogP contribution in [0.2, 0.25) is 0 Å². The number of carbonyl (C=O) groups is 1. The Kier molecular flexibility index (Phi) is 4.61. The number of hydrogen-bond acceptors (Lipinski definition) is 5. The van der Waals surface area contributed by atoms with Crippen LogP contribution in [0.3, 0.4) is 0 Å². The number of likely N-dealkylation sites (tertiary alicyclic amines) is 1. The van der Waals surface area contributed by atoms with Gasteiger partial charge in [0, 0.05) is 24.7 Å². The lowest BCUT2D eigenvalue weighted by atomic mass is 9.79. The molecule has 5 nitrogen and oxygen atoms in total. The average molecular weight is 382 g/mol. The normalized spacial score (nSPS) is 19.2. The number of nitrogens with zero attached hydrogens (tertiary/aromatic N) is 2. The number of benzene rings is 1. The molecule has 6 heteroatoms. The molecule has 1 saturated heterocycles. The summed E-state index contributed by atoms with van der Waals surface area (Å²) in [5, 5.41) is 0.718. The molecular weight excluding hydrogens is 358 g/mol. The van der Waals surface area contributed by atoms with Gasteiger partial charge in [0.2, 0.25) is 0 Å². The number of rotatable bonds is 3. The van der Waals surface area contributed by atoms with Gasteiger partial charge in [-0.2, -0.15) is 0 Å². The van der Waals surface area contributed by atoms with Crippen LogP contribution in [0, 0.1) is 5.41 Å². The van der Waals surface area contributed by atoms with Crippen molar-refractivity contribution in [3.63, 3.8) is 0 Å². The highest BCUT2D eigenvalue weighted by Gasteiger charge is 2.37. The van der Waals surface area contributed by atoms with Crippen molar-refractivity contribution in [1.29, 1.82) is 0 Å². The van der Waals surface area contributed by atoms with Gasteiger partial charge >= 0.3 is 0 Å². The van der Waals surface area contributed by atoms with E-state index >= 15 is 0 Å². The molecule has 3 heterocycles. The molecule has 27 heavy (non-hydrogen) atoms. The van der Waals surface area contributed by atoms with Crippen LogP contribution in [0.1, 0.15) is 29.9 Å². The minimum Gasteiger partial charge on any atom is -0.462 e. The molecular formula is C21H23N3O2S.